The van der Waals surface area contributed by atoms with Gasteiger partial charge in [-0.1, -0.05) is 12.1 Å². The maximum atomic E-state index is 10.6. The van der Waals surface area contributed by atoms with Gasteiger partial charge in [-0.15, -0.1) is 0 Å². The van der Waals surface area contributed by atoms with Crippen LogP contribution in [-0.2, 0) is 0 Å². The van der Waals surface area contributed by atoms with E-state index in [-0.39, 0.29) is 0 Å². The van der Waals surface area contributed by atoms with Crippen LogP contribution in [0.4, 0.5) is 0 Å². The van der Waals surface area contributed by atoms with Crippen molar-refractivity contribution in [1.29, 1.82) is 0 Å². The lowest BCUT2D eigenvalue weighted by atomic mass is 10.2. The molecule has 0 spiro atoms. The molecule has 0 fully saturated rings. The van der Waals surface area contributed by atoms with E-state index in [0.29, 0.717) is 5.75 Å². The van der Waals surface area contributed by atoms with Gasteiger partial charge in [0.1, 0.15) is 0 Å². The second-order valence-corrected chi connectivity index (χ2v) is 2.01. The number of para-hydroxylation sites is 1. The molecule has 10 heavy (non-hydrogen) atoms. The van der Waals surface area contributed by atoms with E-state index in [4.69, 9.17) is 4.84 Å². The Kier molecular flexibility index (Phi) is 1.12. The van der Waals surface area contributed by atoms with Gasteiger partial charge >= 0.3 is 6.54 Å². The van der Waals surface area contributed by atoms with Crippen LogP contribution >= 0.6 is 0 Å². The van der Waals surface area contributed by atoms with E-state index in [1.807, 2.05) is 12.1 Å². The van der Waals surface area contributed by atoms with Gasteiger partial charge < -0.3 is 10.0 Å². The Hall–Kier alpha value is -1.06. The smallest absolute Gasteiger partial charge is 0.306 e. The van der Waals surface area contributed by atoms with Crippen molar-refractivity contribution in [3.63, 3.8) is 0 Å². The summed E-state index contributed by atoms with van der Waals surface area (Å²) in [7, 11) is 0. The summed E-state index contributed by atoms with van der Waals surface area (Å²) in [5.74, 6) is 0.604. The molecule has 0 amide bonds. The summed E-state index contributed by atoms with van der Waals surface area (Å²) in [5.41, 5.74) is 0.743. The van der Waals surface area contributed by atoms with Gasteiger partial charge in [0.25, 0.3) is 0 Å². The Bertz CT molecular complexity index is 224. The van der Waals surface area contributed by atoms with E-state index in [1.165, 1.54) is 0 Å². The molecule has 1 aromatic rings. The molecule has 1 aliphatic rings. The Morgan fingerprint density at radius 2 is 2.20 bits per heavy atom. The molecular weight excluding hydrogens is 130 g/mol. The summed E-state index contributed by atoms with van der Waals surface area (Å²) in [4.78, 5) is 4.76. The predicted molar refractivity (Wildman–Crippen MR) is 33.7 cm³/mol. The van der Waals surface area contributed by atoms with Gasteiger partial charge in [0.05, 0.1) is 5.56 Å². The number of nitrogens with one attached hydrogen (secondary N) is 1. The molecule has 3 nitrogen and oxygen atoms in total. The highest BCUT2D eigenvalue weighted by Gasteiger charge is 2.20. The van der Waals surface area contributed by atoms with E-state index < -0.39 is 5.23 Å². The van der Waals surface area contributed by atoms with Crippen LogP contribution in [0.5, 0.6) is 5.75 Å². The van der Waals surface area contributed by atoms with E-state index in [1.54, 1.807) is 12.1 Å². The molecule has 0 aliphatic carbocycles. The van der Waals surface area contributed by atoms with Crippen molar-refractivity contribution in [1.82, 2.24) is 0 Å². The highest BCUT2D eigenvalue weighted by molar-refractivity contribution is 5.37. The molecule has 0 aromatic heterocycles. The number of hydrogen-bond acceptors (Lipinski definition) is 2. The Labute approximate surface area is 58.4 Å². The van der Waals surface area contributed by atoms with Crippen molar-refractivity contribution in [2.45, 2.75) is 0 Å². The predicted octanol–water partition coefficient (Wildman–Crippen LogP) is -0.236. The maximum Gasteiger partial charge on any atom is 0.306 e. The van der Waals surface area contributed by atoms with Crippen LogP contribution < -0.4 is 10.1 Å². The standard InChI is InChI=1S/C7H5NO2/c9-8-5-6-3-1-2-4-7(6)10-8/h1-4,8H. The average molecular weight is 135 g/mol. The van der Waals surface area contributed by atoms with Gasteiger partial charge in [-0.25, -0.2) is 0 Å². The Balaban J connectivity index is 2.42. The van der Waals surface area contributed by atoms with E-state index in [9.17, 15) is 5.21 Å². The molecule has 0 bridgehead atoms. The molecule has 1 N–H and O–H groups in total. The first-order valence-electron chi connectivity index (χ1n) is 2.94. The van der Waals surface area contributed by atoms with Crippen LogP contribution in [0.15, 0.2) is 24.3 Å². The van der Waals surface area contributed by atoms with Crippen LogP contribution in [0.1, 0.15) is 5.56 Å². The lowest BCUT2D eigenvalue weighted by Crippen LogP contribution is -3.04. The summed E-state index contributed by atoms with van der Waals surface area (Å²) >= 11 is 0. The lowest BCUT2D eigenvalue weighted by molar-refractivity contribution is -0.984. The molecule has 0 saturated carbocycles. The summed E-state index contributed by atoms with van der Waals surface area (Å²) in [6.45, 7) is 2.54. The van der Waals surface area contributed by atoms with Crippen molar-refractivity contribution < 1.29 is 10.1 Å². The molecule has 1 atom stereocenters. The van der Waals surface area contributed by atoms with Gasteiger partial charge in [-0.2, -0.15) is 5.23 Å². The highest BCUT2D eigenvalue weighted by Crippen LogP contribution is 2.19. The second-order valence-electron chi connectivity index (χ2n) is 2.01. The summed E-state index contributed by atoms with van der Waals surface area (Å²) in [6.07, 6.45) is 0. The molecular formula is C7H5NO2. The summed E-state index contributed by atoms with van der Waals surface area (Å²) in [6, 6.07) is 7.19. The number of quaternary nitrogens is 1. The molecule has 0 saturated heterocycles. The topological polar surface area (TPSA) is 36.7 Å². The highest BCUT2D eigenvalue weighted by atomic mass is 16.9. The SMILES string of the molecule is [O-][NH+]1[C]c2ccccc2O1. The fourth-order valence-electron chi connectivity index (χ4n) is 0.894. The maximum absolute atomic E-state index is 10.6. The third kappa shape index (κ3) is 0.761. The van der Waals surface area contributed by atoms with Gasteiger partial charge in [0, 0.05) is 0 Å². The first-order valence-corrected chi connectivity index (χ1v) is 2.94. The van der Waals surface area contributed by atoms with Crippen LogP contribution in [0.2, 0.25) is 0 Å². The van der Waals surface area contributed by atoms with Crippen LogP contribution in [0, 0.1) is 11.8 Å². The molecule has 1 aromatic carbocycles. The zero-order valence-electron chi connectivity index (χ0n) is 5.13. The number of fused-ring (bicyclic) bond motifs is 1. The minimum Gasteiger partial charge on any atom is -0.590 e. The third-order valence-electron chi connectivity index (χ3n) is 1.33. The number of hydroxylamine groups is 2. The van der Waals surface area contributed by atoms with Crippen molar-refractivity contribution in [2.24, 2.45) is 0 Å². The quantitative estimate of drug-likeness (QED) is 0.498. The minimum atomic E-state index is -0.402. The molecule has 50 valence electrons. The first kappa shape index (κ1) is 5.70. The number of hydrogen-bond donors (Lipinski definition) is 1. The summed E-state index contributed by atoms with van der Waals surface area (Å²) < 4.78 is 0. The Morgan fingerprint density at radius 3 is 3.00 bits per heavy atom. The van der Waals surface area contributed by atoms with E-state index >= 15 is 0 Å². The molecule has 2 rings (SSSR count). The molecule has 1 aliphatic heterocycles. The van der Waals surface area contributed by atoms with Crippen molar-refractivity contribution in [3.8, 4) is 5.75 Å². The average Bonchev–Trinajstić information content (AvgIpc) is 2.27. The van der Waals surface area contributed by atoms with Crippen molar-refractivity contribution >= 4 is 0 Å². The first-order chi connectivity index (χ1) is 4.86. The van der Waals surface area contributed by atoms with Crippen LogP contribution in [-0.4, -0.2) is 0 Å². The normalized spacial score (nSPS) is 21.9. The van der Waals surface area contributed by atoms with E-state index in [2.05, 4.69) is 6.54 Å². The fourth-order valence-corrected chi connectivity index (χ4v) is 0.894. The molecule has 1 heterocycles. The number of benzene rings is 1. The zero-order chi connectivity index (χ0) is 6.97. The third-order valence-corrected chi connectivity index (χ3v) is 1.33. The summed E-state index contributed by atoms with van der Waals surface area (Å²) in [5, 5.41) is 10.2. The number of rotatable bonds is 0. The van der Waals surface area contributed by atoms with Crippen molar-refractivity contribution in [3.05, 3.63) is 41.6 Å². The van der Waals surface area contributed by atoms with Crippen LogP contribution in [0.3, 0.4) is 0 Å². The second kappa shape index (κ2) is 1.97. The zero-order valence-corrected chi connectivity index (χ0v) is 5.13. The monoisotopic (exact) mass is 135 g/mol. The van der Waals surface area contributed by atoms with Crippen LogP contribution in [0.25, 0.3) is 0 Å². The van der Waals surface area contributed by atoms with Gasteiger partial charge in [-0.05, 0) is 12.1 Å². The van der Waals surface area contributed by atoms with Crippen molar-refractivity contribution in [2.75, 3.05) is 0 Å². The minimum absolute atomic E-state index is 0.402. The Morgan fingerprint density at radius 1 is 1.40 bits per heavy atom. The van der Waals surface area contributed by atoms with Gasteiger partial charge in [0.2, 0.25) is 5.75 Å². The van der Waals surface area contributed by atoms with Gasteiger partial charge in [0.15, 0.2) is 0 Å². The largest absolute Gasteiger partial charge is 0.590 e. The van der Waals surface area contributed by atoms with E-state index in [0.717, 1.165) is 5.56 Å². The molecule has 1 unspecified atom stereocenters. The molecule has 2 radical (unpaired) electrons. The fraction of sp³-hybridized carbons (Fsp3) is 0. The molecule has 3 heteroatoms. The lowest BCUT2D eigenvalue weighted by Gasteiger charge is -2.07. The van der Waals surface area contributed by atoms with Gasteiger partial charge in [-0.3, -0.25) is 0 Å².